The maximum Gasteiger partial charge on any atom is 0.155 e. The van der Waals surface area contributed by atoms with Crippen molar-refractivity contribution in [3.63, 3.8) is 0 Å². The Morgan fingerprint density at radius 3 is 2.90 bits per heavy atom. The molecule has 2 nitrogen and oxygen atoms in total. The summed E-state index contributed by atoms with van der Waals surface area (Å²) in [4.78, 5) is 0. The lowest BCUT2D eigenvalue weighted by molar-refractivity contribution is 0.177. The summed E-state index contributed by atoms with van der Waals surface area (Å²) < 4.78 is 15.9. The third kappa shape index (κ3) is 1.80. The zero-order chi connectivity index (χ0) is 7.56. The van der Waals surface area contributed by atoms with Gasteiger partial charge >= 0.3 is 0 Å². The van der Waals surface area contributed by atoms with Crippen LogP contribution in [0.15, 0.2) is 0 Å². The molecule has 0 aromatic rings. The van der Waals surface area contributed by atoms with Crippen molar-refractivity contribution in [2.45, 2.75) is 32.8 Å². The van der Waals surface area contributed by atoms with Crippen molar-refractivity contribution in [2.24, 2.45) is 5.92 Å². The van der Waals surface area contributed by atoms with Gasteiger partial charge in [-0.25, -0.2) is 4.21 Å². The molecule has 1 heterocycles. The molecule has 1 saturated heterocycles. The minimum Gasteiger partial charge on any atom is -0.287 e. The van der Waals surface area contributed by atoms with Crippen LogP contribution in [0.5, 0.6) is 0 Å². The van der Waals surface area contributed by atoms with Gasteiger partial charge in [0.2, 0.25) is 0 Å². The van der Waals surface area contributed by atoms with Gasteiger partial charge in [-0.1, -0.05) is 20.3 Å². The number of hydrogen-bond acceptors (Lipinski definition) is 2. The van der Waals surface area contributed by atoms with Crippen molar-refractivity contribution >= 4 is 11.1 Å². The first-order valence-electron chi connectivity index (χ1n) is 3.79. The second-order valence-corrected chi connectivity index (χ2v) is 4.02. The van der Waals surface area contributed by atoms with Crippen molar-refractivity contribution in [1.82, 2.24) is 0 Å². The summed E-state index contributed by atoms with van der Waals surface area (Å²) in [6.07, 6.45) is 2.34. The Kier molecular flexibility index (Phi) is 2.86. The molecule has 1 fully saturated rings. The molecule has 0 radical (unpaired) electrons. The Morgan fingerprint density at radius 2 is 2.50 bits per heavy atom. The van der Waals surface area contributed by atoms with E-state index < -0.39 is 11.1 Å². The van der Waals surface area contributed by atoms with Crippen molar-refractivity contribution in [2.75, 3.05) is 5.75 Å². The molecule has 0 aliphatic carbocycles. The first kappa shape index (κ1) is 8.21. The minimum absolute atomic E-state index is 0.255. The Morgan fingerprint density at radius 1 is 1.80 bits per heavy atom. The lowest BCUT2D eigenvalue weighted by atomic mass is 10.0. The highest BCUT2D eigenvalue weighted by atomic mass is 32.2. The van der Waals surface area contributed by atoms with E-state index >= 15 is 0 Å². The van der Waals surface area contributed by atoms with Crippen LogP contribution in [0.25, 0.3) is 0 Å². The average molecular weight is 162 g/mol. The summed E-state index contributed by atoms with van der Waals surface area (Å²) in [5.41, 5.74) is 0. The maximum absolute atomic E-state index is 10.8. The molecule has 0 amide bonds. The molecule has 10 heavy (non-hydrogen) atoms. The fourth-order valence-corrected chi connectivity index (χ4v) is 2.17. The summed E-state index contributed by atoms with van der Waals surface area (Å²) >= 11 is -0.975. The van der Waals surface area contributed by atoms with E-state index in [0.717, 1.165) is 18.6 Å². The molecule has 0 bridgehead atoms. The van der Waals surface area contributed by atoms with Gasteiger partial charge in [0.1, 0.15) is 0 Å². The van der Waals surface area contributed by atoms with E-state index in [9.17, 15) is 4.21 Å². The van der Waals surface area contributed by atoms with Gasteiger partial charge in [0.15, 0.2) is 11.1 Å². The Labute approximate surface area is 64.6 Å². The molecule has 0 spiro atoms. The van der Waals surface area contributed by atoms with E-state index in [-0.39, 0.29) is 6.10 Å². The highest BCUT2D eigenvalue weighted by Crippen LogP contribution is 2.21. The molecular weight excluding hydrogens is 148 g/mol. The van der Waals surface area contributed by atoms with Crippen LogP contribution < -0.4 is 0 Å². The molecule has 0 N–H and O–H groups in total. The highest BCUT2D eigenvalue weighted by molar-refractivity contribution is 7.80. The highest BCUT2D eigenvalue weighted by Gasteiger charge is 2.25. The van der Waals surface area contributed by atoms with Crippen molar-refractivity contribution in [3.8, 4) is 0 Å². The first-order chi connectivity index (χ1) is 4.74. The predicted octanol–water partition coefficient (Wildman–Crippen LogP) is 1.49. The van der Waals surface area contributed by atoms with E-state index in [0.29, 0.717) is 5.92 Å². The maximum atomic E-state index is 10.8. The molecule has 1 aliphatic heterocycles. The van der Waals surface area contributed by atoms with E-state index in [1.54, 1.807) is 0 Å². The zero-order valence-corrected chi connectivity index (χ0v) is 7.32. The van der Waals surface area contributed by atoms with Crippen LogP contribution in [0.3, 0.4) is 0 Å². The Bertz CT molecular complexity index is 136. The van der Waals surface area contributed by atoms with Gasteiger partial charge in [-0.05, 0) is 12.3 Å². The third-order valence-electron chi connectivity index (χ3n) is 2.08. The molecule has 0 aromatic carbocycles. The van der Waals surface area contributed by atoms with Crippen LogP contribution in [0.1, 0.15) is 26.7 Å². The van der Waals surface area contributed by atoms with Gasteiger partial charge < -0.3 is 0 Å². The second kappa shape index (κ2) is 3.49. The van der Waals surface area contributed by atoms with E-state index in [4.69, 9.17) is 4.18 Å². The number of hydrogen-bond donors (Lipinski definition) is 0. The summed E-state index contributed by atoms with van der Waals surface area (Å²) in [6.45, 7) is 4.28. The van der Waals surface area contributed by atoms with Gasteiger partial charge in [-0.2, -0.15) is 0 Å². The van der Waals surface area contributed by atoms with Crippen molar-refractivity contribution in [3.05, 3.63) is 0 Å². The quantitative estimate of drug-likeness (QED) is 0.615. The topological polar surface area (TPSA) is 26.3 Å². The predicted molar refractivity (Wildman–Crippen MR) is 42.0 cm³/mol. The smallest absolute Gasteiger partial charge is 0.155 e. The first-order valence-corrected chi connectivity index (χ1v) is 5.04. The fourth-order valence-electron chi connectivity index (χ4n) is 1.09. The summed E-state index contributed by atoms with van der Waals surface area (Å²) in [7, 11) is 0. The Hall–Kier alpha value is 0.110. The molecule has 1 aliphatic rings. The normalized spacial score (nSPS) is 36.2. The van der Waals surface area contributed by atoms with Gasteiger partial charge in [-0.15, -0.1) is 0 Å². The SMILES string of the molecule is CC[C@@H](C)C1CC[S@](=O)O1. The molecule has 0 saturated carbocycles. The summed E-state index contributed by atoms with van der Waals surface area (Å²) in [6, 6.07) is 0. The summed E-state index contributed by atoms with van der Waals surface area (Å²) in [5, 5.41) is 0. The molecule has 0 aromatic heterocycles. The monoisotopic (exact) mass is 162 g/mol. The standard InChI is InChI=1S/C7H14O2S/c1-3-6(2)7-4-5-10(8)9-7/h6-7H,3-5H2,1-2H3/t6-,7?,10-/m1/s1. The molecule has 3 atom stereocenters. The van der Waals surface area contributed by atoms with Gasteiger partial charge in [0.05, 0.1) is 11.9 Å². The van der Waals surface area contributed by atoms with Crippen molar-refractivity contribution in [1.29, 1.82) is 0 Å². The second-order valence-electron chi connectivity index (χ2n) is 2.82. The van der Waals surface area contributed by atoms with Crippen LogP contribution in [0.4, 0.5) is 0 Å². The molecule has 60 valence electrons. The third-order valence-corrected chi connectivity index (χ3v) is 3.11. The molecule has 1 unspecified atom stereocenters. The van der Waals surface area contributed by atoms with E-state index in [1.807, 2.05) is 0 Å². The van der Waals surface area contributed by atoms with E-state index in [1.165, 1.54) is 0 Å². The zero-order valence-electron chi connectivity index (χ0n) is 6.50. The lowest BCUT2D eigenvalue weighted by Crippen LogP contribution is -2.15. The van der Waals surface area contributed by atoms with Crippen LogP contribution in [0.2, 0.25) is 0 Å². The largest absolute Gasteiger partial charge is 0.287 e. The molecule has 3 heteroatoms. The van der Waals surface area contributed by atoms with Crippen molar-refractivity contribution < 1.29 is 8.39 Å². The number of rotatable bonds is 2. The van der Waals surface area contributed by atoms with Crippen LogP contribution >= 0.6 is 0 Å². The van der Waals surface area contributed by atoms with Gasteiger partial charge in [-0.3, -0.25) is 4.18 Å². The average Bonchev–Trinajstić information content (AvgIpc) is 2.34. The van der Waals surface area contributed by atoms with Crippen LogP contribution in [-0.2, 0) is 15.3 Å². The lowest BCUT2D eigenvalue weighted by Gasteiger charge is -2.13. The van der Waals surface area contributed by atoms with E-state index in [2.05, 4.69) is 13.8 Å². The summed E-state index contributed by atoms with van der Waals surface area (Å²) in [5.74, 6) is 1.29. The van der Waals surface area contributed by atoms with Crippen LogP contribution in [0, 0.1) is 5.92 Å². The molecular formula is C7H14O2S. The Balaban J connectivity index is 2.36. The van der Waals surface area contributed by atoms with Crippen LogP contribution in [-0.4, -0.2) is 16.1 Å². The molecule has 1 rings (SSSR count). The fraction of sp³-hybridized carbons (Fsp3) is 1.00. The minimum atomic E-state index is -0.975. The van der Waals surface area contributed by atoms with Gasteiger partial charge in [0.25, 0.3) is 0 Å². The van der Waals surface area contributed by atoms with Gasteiger partial charge in [0, 0.05) is 0 Å².